The second-order valence-corrected chi connectivity index (χ2v) is 27.6. The topological polar surface area (TPSA) is 15.3 Å². The number of rotatable bonds is 13. The van der Waals surface area contributed by atoms with Crippen LogP contribution in [0.1, 0.15) is 0 Å². The summed E-state index contributed by atoms with van der Waals surface area (Å²) in [6, 6.07) is 142. The highest BCUT2D eigenvalue weighted by Crippen LogP contribution is 2.42. The second-order valence-electron chi connectivity index (χ2n) is 25.0. The van der Waals surface area contributed by atoms with E-state index in [9.17, 15) is 0 Å². The van der Waals surface area contributed by atoms with Crippen LogP contribution in [0, 0.1) is 0 Å². The molecule has 0 aliphatic heterocycles. The summed E-state index contributed by atoms with van der Waals surface area (Å²) in [6.07, 6.45) is 0. The Morgan fingerprint density at radius 2 is 0.406 bits per heavy atom. The standard InChI is InChI=1S/C48H33NS.C30H23N.C18H11ClS/c1-3-9-34(10-4-1)36-15-17-37(18-16-36)39-21-28-43(29-22-39)49(42-26-19-38(20-27-42)35-11-5-2-6-12-35)44-30-23-40(24-31-44)41-25-32-48-46(33-41)45-13-7-8-14-47(45)50-48;1-3-7-23(8-4-1)25-11-13-26(14-12-25)28-17-21-30(22-18-28)31-29-19-15-27(16-20-29)24-9-5-2-6-10-24;19-14-8-5-12(6-9-14)13-7-10-18-16(11-13)15-3-1-2-4-17(15)20-18/h1-33H;1-22,31H;1-11H. The van der Waals surface area contributed by atoms with Gasteiger partial charge in [-0.3, -0.25) is 0 Å². The van der Waals surface area contributed by atoms with Gasteiger partial charge < -0.3 is 10.2 Å². The third-order valence-electron chi connectivity index (χ3n) is 18.6. The van der Waals surface area contributed by atoms with Gasteiger partial charge in [0.1, 0.15) is 0 Å². The first-order valence-electron chi connectivity index (χ1n) is 34.0. The predicted molar refractivity (Wildman–Crippen MR) is 438 cm³/mol. The molecule has 0 saturated carbocycles. The minimum Gasteiger partial charge on any atom is -0.356 e. The number of halogens is 1. The molecule has 0 unspecified atom stereocenters. The van der Waals surface area contributed by atoms with Gasteiger partial charge in [0.25, 0.3) is 0 Å². The number of hydrogen-bond acceptors (Lipinski definition) is 4. The van der Waals surface area contributed by atoms with Gasteiger partial charge in [-0.2, -0.15) is 0 Å². The average molecular weight is 1350 g/mol. The molecule has 1 N–H and O–H groups in total. The first-order valence-corrected chi connectivity index (χ1v) is 36.0. The first-order chi connectivity index (χ1) is 49.9. The molecule has 0 atom stereocenters. The van der Waals surface area contributed by atoms with Crippen molar-refractivity contribution in [3.05, 3.63) is 405 Å². The zero-order valence-corrected chi connectivity index (χ0v) is 57.6. The fourth-order valence-corrected chi connectivity index (χ4v) is 15.5. The molecule has 2 nitrogen and oxygen atoms in total. The molecule has 101 heavy (non-hydrogen) atoms. The lowest BCUT2D eigenvalue weighted by Crippen LogP contribution is -2.09. The van der Waals surface area contributed by atoms with Crippen LogP contribution in [-0.2, 0) is 0 Å². The van der Waals surface area contributed by atoms with Crippen molar-refractivity contribution in [3.63, 3.8) is 0 Å². The van der Waals surface area contributed by atoms with E-state index in [0.29, 0.717) is 0 Å². The van der Waals surface area contributed by atoms with E-state index in [1.165, 1.54) is 129 Å². The molecule has 0 saturated heterocycles. The van der Waals surface area contributed by atoms with Gasteiger partial charge in [-0.05, 0) is 198 Å². The number of nitrogens with one attached hydrogen (secondary N) is 1. The maximum absolute atomic E-state index is 5.96. The Morgan fingerprint density at radius 1 is 0.188 bits per heavy atom. The number of fused-ring (bicyclic) bond motifs is 6. The van der Waals surface area contributed by atoms with Crippen molar-refractivity contribution in [3.8, 4) is 89.0 Å². The minimum atomic E-state index is 0.774. The SMILES string of the molecule is Clc1ccc(-c2ccc3sc4ccccc4c3c2)cc1.c1ccc(-c2ccc(-c3ccc(N(c4ccc(-c5ccccc5)cc4)c4ccc(-c5ccc6sc7ccccc7c6c5)cc4)cc3)cc2)cc1.c1ccc(-c2ccc(Nc3ccc(-c4ccc(-c5ccccc5)cc4)cc3)cc2)cc1. The molecule has 18 aromatic rings. The Morgan fingerprint density at radius 3 is 0.713 bits per heavy atom. The van der Waals surface area contributed by atoms with E-state index < -0.39 is 0 Å². The molecule has 18 rings (SSSR count). The zero-order chi connectivity index (χ0) is 67.7. The Labute approximate surface area is 603 Å². The molecule has 2 heterocycles. The summed E-state index contributed by atoms with van der Waals surface area (Å²) < 4.78 is 5.34. The number of benzene rings is 16. The fraction of sp³-hybridized carbons (Fsp3) is 0. The molecule has 2 aromatic heterocycles. The Hall–Kier alpha value is -12.2. The van der Waals surface area contributed by atoms with E-state index in [-0.39, 0.29) is 0 Å². The number of anilines is 5. The predicted octanol–water partition coefficient (Wildman–Crippen LogP) is 29.0. The molecule has 480 valence electrons. The highest BCUT2D eigenvalue weighted by atomic mass is 35.5. The molecule has 5 heteroatoms. The van der Waals surface area contributed by atoms with Gasteiger partial charge in [0.05, 0.1) is 0 Å². The van der Waals surface area contributed by atoms with Crippen molar-refractivity contribution in [1.82, 2.24) is 0 Å². The van der Waals surface area contributed by atoms with Gasteiger partial charge in [-0.25, -0.2) is 0 Å². The molecule has 16 aromatic carbocycles. The van der Waals surface area contributed by atoms with Crippen LogP contribution in [0.3, 0.4) is 0 Å². The van der Waals surface area contributed by atoms with Crippen LogP contribution in [0.4, 0.5) is 28.4 Å². The quantitative estimate of drug-likeness (QED) is 0.124. The third kappa shape index (κ3) is 14.4. The summed E-state index contributed by atoms with van der Waals surface area (Å²) in [5.41, 5.74) is 25.0. The van der Waals surface area contributed by atoms with Gasteiger partial charge >= 0.3 is 0 Å². The van der Waals surface area contributed by atoms with Crippen LogP contribution in [0.2, 0.25) is 5.02 Å². The molecule has 0 bridgehead atoms. The van der Waals surface area contributed by atoms with Gasteiger partial charge in [-0.1, -0.05) is 303 Å². The van der Waals surface area contributed by atoms with Gasteiger partial charge in [0, 0.05) is 73.8 Å². The van der Waals surface area contributed by atoms with Crippen molar-refractivity contribution in [1.29, 1.82) is 0 Å². The molecule has 0 aliphatic rings. The van der Waals surface area contributed by atoms with E-state index in [1.54, 1.807) is 0 Å². The molecule has 0 amide bonds. The van der Waals surface area contributed by atoms with E-state index in [4.69, 9.17) is 11.6 Å². The molecule has 0 fully saturated rings. The highest BCUT2D eigenvalue weighted by molar-refractivity contribution is 7.26. The monoisotopic (exact) mass is 1350 g/mol. The van der Waals surface area contributed by atoms with Crippen LogP contribution in [0.5, 0.6) is 0 Å². The van der Waals surface area contributed by atoms with E-state index in [0.717, 1.165) is 33.5 Å². The van der Waals surface area contributed by atoms with Gasteiger partial charge in [0.15, 0.2) is 0 Å². The van der Waals surface area contributed by atoms with Crippen LogP contribution in [-0.4, -0.2) is 0 Å². The molecule has 0 aliphatic carbocycles. The number of nitrogens with zero attached hydrogens (tertiary/aromatic N) is 1. The van der Waals surface area contributed by atoms with Crippen LogP contribution in [0.25, 0.3) is 129 Å². The normalized spacial score (nSPS) is 11.0. The van der Waals surface area contributed by atoms with E-state index in [2.05, 4.69) is 386 Å². The Balaban J connectivity index is 0.000000131. The van der Waals surface area contributed by atoms with Crippen molar-refractivity contribution < 1.29 is 0 Å². The number of thiophene rings is 2. The first kappa shape index (κ1) is 63.6. The van der Waals surface area contributed by atoms with Crippen molar-refractivity contribution in [2.24, 2.45) is 0 Å². The highest BCUT2D eigenvalue weighted by Gasteiger charge is 2.16. The molecular weight excluding hydrogens is 1280 g/mol. The van der Waals surface area contributed by atoms with Crippen molar-refractivity contribution in [2.75, 3.05) is 10.2 Å². The maximum Gasteiger partial charge on any atom is 0.0462 e. The summed E-state index contributed by atoms with van der Waals surface area (Å²) >= 11 is 9.66. The van der Waals surface area contributed by atoms with Crippen LogP contribution >= 0.6 is 34.3 Å². The maximum atomic E-state index is 5.96. The summed E-state index contributed by atoms with van der Waals surface area (Å²) in [4.78, 5) is 2.34. The summed E-state index contributed by atoms with van der Waals surface area (Å²) in [7, 11) is 0. The lowest BCUT2D eigenvalue weighted by molar-refractivity contribution is 1.28. The van der Waals surface area contributed by atoms with Crippen molar-refractivity contribution >= 4 is 103 Å². The fourth-order valence-electron chi connectivity index (χ4n) is 13.2. The van der Waals surface area contributed by atoms with Crippen LogP contribution in [0.15, 0.2) is 400 Å². The van der Waals surface area contributed by atoms with Crippen LogP contribution < -0.4 is 10.2 Å². The molecular formula is C96H67ClN2S2. The van der Waals surface area contributed by atoms with Crippen molar-refractivity contribution in [2.45, 2.75) is 0 Å². The molecule has 0 spiro atoms. The minimum absolute atomic E-state index is 0.774. The summed E-state index contributed by atoms with van der Waals surface area (Å²) in [5, 5.41) is 9.58. The largest absolute Gasteiger partial charge is 0.356 e. The number of hydrogen-bond donors (Lipinski definition) is 1. The van der Waals surface area contributed by atoms with E-state index in [1.807, 2.05) is 46.9 Å². The summed E-state index contributed by atoms with van der Waals surface area (Å²) in [6.45, 7) is 0. The van der Waals surface area contributed by atoms with E-state index >= 15 is 0 Å². The lowest BCUT2D eigenvalue weighted by Gasteiger charge is -2.26. The van der Waals surface area contributed by atoms with Gasteiger partial charge in [0.2, 0.25) is 0 Å². The third-order valence-corrected chi connectivity index (χ3v) is 21.1. The molecule has 0 radical (unpaired) electrons. The smallest absolute Gasteiger partial charge is 0.0462 e. The second kappa shape index (κ2) is 29.5. The Bertz CT molecular complexity index is 5770. The Kier molecular flexibility index (Phi) is 18.6. The zero-order valence-electron chi connectivity index (χ0n) is 55.2. The average Bonchev–Trinajstić information content (AvgIpc) is 1.77. The lowest BCUT2D eigenvalue weighted by atomic mass is 10.00. The van der Waals surface area contributed by atoms with Gasteiger partial charge in [-0.15, -0.1) is 22.7 Å². The summed E-state index contributed by atoms with van der Waals surface area (Å²) in [5.74, 6) is 0.